The third kappa shape index (κ3) is 1.34. The number of rotatable bonds is 0. The molecule has 1 aliphatic heterocycles. The number of nitrogens with zero attached hydrogens (tertiary/aromatic N) is 2. The van der Waals surface area contributed by atoms with Crippen LogP contribution in [0.2, 0.25) is 0 Å². The number of hydrogen-bond acceptors (Lipinski definition) is 2. The van der Waals surface area contributed by atoms with E-state index in [4.69, 9.17) is 4.74 Å². The summed E-state index contributed by atoms with van der Waals surface area (Å²) in [7, 11) is 0. The third-order valence-electron chi connectivity index (χ3n) is 2.64. The summed E-state index contributed by atoms with van der Waals surface area (Å²) in [5.41, 5.74) is 0.871. The van der Waals surface area contributed by atoms with Gasteiger partial charge in [-0.05, 0) is 26.0 Å². The van der Waals surface area contributed by atoms with E-state index in [0.717, 1.165) is 5.52 Å². The van der Waals surface area contributed by atoms with Crippen molar-refractivity contribution < 1.29 is 9.13 Å². The Hall–Kier alpha value is -1.10. The maximum Gasteiger partial charge on any atom is 0.298 e. The topological polar surface area (TPSA) is 27.1 Å². The zero-order chi connectivity index (χ0) is 11.5. The van der Waals surface area contributed by atoms with Crippen LogP contribution in [0.15, 0.2) is 16.6 Å². The highest BCUT2D eigenvalue weighted by molar-refractivity contribution is 9.10. The maximum absolute atomic E-state index is 13.6. The van der Waals surface area contributed by atoms with Gasteiger partial charge >= 0.3 is 0 Å². The zero-order valence-corrected chi connectivity index (χ0v) is 10.5. The summed E-state index contributed by atoms with van der Waals surface area (Å²) in [6.07, 6.45) is 0. The average molecular weight is 285 g/mol. The SMILES string of the molecule is CC1(C)Cn2c(nc3c(F)cc(Br)cc32)O1. The Labute approximate surface area is 100 Å². The van der Waals surface area contributed by atoms with Crippen LogP contribution in [-0.4, -0.2) is 15.2 Å². The number of ether oxygens (including phenoxy) is 1. The Kier molecular flexibility index (Phi) is 1.87. The molecule has 2 heterocycles. The quantitative estimate of drug-likeness (QED) is 0.743. The predicted molar refractivity (Wildman–Crippen MR) is 62.1 cm³/mol. The fourth-order valence-electron chi connectivity index (χ4n) is 2.02. The van der Waals surface area contributed by atoms with E-state index >= 15 is 0 Å². The molecule has 0 unspecified atom stereocenters. The Morgan fingerprint density at radius 3 is 3.00 bits per heavy atom. The second-order valence-corrected chi connectivity index (χ2v) is 5.51. The molecule has 5 heteroatoms. The second-order valence-electron chi connectivity index (χ2n) is 4.60. The number of imidazole rings is 1. The monoisotopic (exact) mass is 284 g/mol. The molecule has 2 aromatic rings. The molecule has 0 amide bonds. The fourth-order valence-corrected chi connectivity index (χ4v) is 2.44. The lowest BCUT2D eigenvalue weighted by molar-refractivity contribution is 0.131. The minimum Gasteiger partial charge on any atom is -0.457 e. The minimum atomic E-state index is -0.326. The number of fused-ring (bicyclic) bond motifs is 3. The molecule has 0 N–H and O–H groups in total. The van der Waals surface area contributed by atoms with Crippen molar-refractivity contribution in [1.29, 1.82) is 0 Å². The first-order chi connectivity index (χ1) is 7.46. The number of halogens is 2. The molecule has 3 rings (SSSR count). The summed E-state index contributed by atoms with van der Waals surface area (Å²) >= 11 is 3.28. The molecule has 1 aromatic heterocycles. The molecule has 1 aliphatic rings. The van der Waals surface area contributed by atoms with Crippen LogP contribution in [0, 0.1) is 5.82 Å². The number of benzene rings is 1. The van der Waals surface area contributed by atoms with Crippen molar-refractivity contribution in [2.24, 2.45) is 0 Å². The summed E-state index contributed by atoms with van der Waals surface area (Å²) in [5, 5.41) is 0. The molecule has 0 atom stereocenters. The molecule has 0 radical (unpaired) electrons. The molecule has 16 heavy (non-hydrogen) atoms. The van der Waals surface area contributed by atoms with Gasteiger partial charge in [-0.25, -0.2) is 4.39 Å². The van der Waals surface area contributed by atoms with Crippen molar-refractivity contribution in [3.05, 3.63) is 22.4 Å². The van der Waals surface area contributed by atoms with Gasteiger partial charge in [0.2, 0.25) is 0 Å². The van der Waals surface area contributed by atoms with E-state index in [1.54, 1.807) is 0 Å². The van der Waals surface area contributed by atoms with Gasteiger partial charge in [0.1, 0.15) is 11.1 Å². The Bertz CT molecular complexity index is 591. The van der Waals surface area contributed by atoms with Gasteiger partial charge in [0.15, 0.2) is 5.82 Å². The minimum absolute atomic E-state index is 0.269. The Morgan fingerprint density at radius 1 is 1.50 bits per heavy atom. The van der Waals surface area contributed by atoms with E-state index in [1.165, 1.54) is 6.07 Å². The summed E-state index contributed by atoms with van der Waals surface area (Å²) in [6.45, 7) is 4.67. The van der Waals surface area contributed by atoms with Gasteiger partial charge in [-0.3, -0.25) is 4.57 Å². The summed E-state index contributed by atoms with van der Waals surface area (Å²) < 4.78 is 21.9. The van der Waals surface area contributed by atoms with Crippen LogP contribution in [-0.2, 0) is 6.54 Å². The molecular formula is C11H10BrFN2O. The van der Waals surface area contributed by atoms with Crippen molar-refractivity contribution >= 4 is 27.0 Å². The highest BCUT2D eigenvalue weighted by atomic mass is 79.9. The van der Waals surface area contributed by atoms with Crippen LogP contribution < -0.4 is 4.74 Å². The van der Waals surface area contributed by atoms with Crippen molar-refractivity contribution in [3.8, 4) is 6.01 Å². The van der Waals surface area contributed by atoms with Crippen molar-refractivity contribution in [3.63, 3.8) is 0 Å². The Morgan fingerprint density at radius 2 is 2.25 bits per heavy atom. The number of aromatic nitrogens is 2. The highest BCUT2D eigenvalue weighted by Crippen LogP contribution is 2.34. The van der Waals surface area contributed by atoms with Crippen LogP contribution >= 0.6 is 15.9 Å². The lowest BCUT2D eigenvalue weighted by Gasteiger charge is -2.15. The average Bonchev–Trinajstić information content (AvgIpc) is 2.59. The van der Waals surface area contributed by atoms with Crippen molar-refractivity contribution in [2.45, 2.75) is 26.0 Å². The van der Waals surface area contributed by atoms with Gasteiger partial charge in [0.25, 0.3) is 6.01 Å². The maximum atomic E-state index is 13.6. The van der Waals surface area contributed by atoms with E-state index in [1.807, 2.05) is 24.5 Å². The van der Waals surface area contributed by atoms with Gasteiger partial charge in [0, 0.05) is 4.47 Å². The standard InChI is InChI=1S/C11H10BrFN2O/c1-11(2)5-15-8-4-6(12)3-7(13)9(8)14-10(15)16-11/h3-4H,5H2,1-2H3. The Balaban J connectivity index is 2.30. The number of hydrogen-bond donors (Lipinski definition) is 0. The molecular weight excluding hydrogens is 275 g/mol. The molecule has 0 spiro atoms. The first-order valence-corrected chi connectivity index (χ1v) is 5.80. The highest BCUT2D eigenvalue weighted by Gasteiger charge is 2.33. The van der Waals surface area contributed by atoms with Crippen LogP contribution in [0.1, 0.15) is 13.8 Å². The van der Waals surface area contributed by atoms with Crippen LogP contribution in [0.3, 0.4) is 0 Å². The van der Waals surface area contributed by atoms with E-state index in [9.17, 15) is 4.39 Å². The van der Waals surface area contributed by atoms with Gasteiger partial charge < -0.3 is 4.74 Å². The fraction of sp³-hybridized carbons (Fsp3) is 0.364. The van der Waals surface area contributed by atoms with Crippen molar-refractivity contribution in [2.75, 3.05) is 0 Å². The smallest absolute Gasteiger partial charge is 0.298 e. The lowest BCUT2D eigenvalue weighted by Crippen LogP contribution is -2.26. The van der Waals surface area contributed by atoms with E-state index < -0.39 is 0 Å². The molecule has 0 fully saturated rings. The van der Waals surface area contributed by atoms with E-state index in [0.29, 0.717) is 22.5 Å². The predicted octanol–water partition coefficient (Wildman–Crippen LogP) is 3.11. The summed E-state index contributed by atoms with van der Waals surface area (Å²) in [4.78, 5) is 4.17. The van der Waals surface area contributed by atoms with Gasteiger partial charge in [-0.2, -0.15) is 4.98 Å². The second kappa shape index (κ2) is 2.97. The third-order valence-corrected chi connectivity index (χ3v) is 3.10. The van der Waals surface area contributed by atoms with Gasteiger partial charge in [-0.15, -0.1) is 0 Å². The summed E-state index contributed by atoms with van der Waals surface area (Å²) in [6, 6.07) is 3.77. The zero-order valence-electron chi connectivity index (χ0n) is 8.92. The normalized spacial score (nSPS) is 17.5. The van der Waals surface area contributed by atoms with E-state index in [2.05, 4.69) is 20.9 Å². The first-order valence-electron chi connectivity index (χ1n) is 5.01. The van der Waals surface area contributed by atoms with Crippen LogP contribution in [0.5, 0.6) is 6.01 Å². The molecule has 84 valence electrons. The van der Waals surface area contributed by atoms with Crippen molar-refractivity contribution in [1.82, 2.24) is 9.55 Å². The molecule has 0 saturated carbocycles. The molecule has 0 saturated heterocycles. The lowest BCUT2D eigenvalue weighted by atomic mass is 10.1. The molecule has 3 nitrogen and oxygen atoms in total. The first kappa shape index (κ1) is 10.1. The van der Waals surface area contributed by atoms with E-state index in [-0.39, 0.29) is 11.4 Å². The molecule has 0 bridgehead atoms. The largest absolute Gasteiger partial charge is 0.457 e. The molecule has 0 aliphatic carbocycles. The van der Waals surface area contributed by atoms with Gasteiger partial charge in [-0.1, -0.05) is 15.9 Å². The van der Waals surface area contributed by atoms with Gasteiger partial charge in [0.05, 0.1) is 12.1 Å². The van der Waals surface area contributed by atoms with Crippen LogP contribution in [0.4, 0.5) is 4.39 Å². The summed E-state index contributed by atoms with van der Waals surface area (Å²) in [5.74, 6) is -0.326. The molecule has 1 aromatic carbocycles. The van der Waals surface area contributed by atoms with Crippen LogP contribution in [0.25, 0.3) is 11.0 Å².